The Balaban J connectivity index is 0.000000640. The van der Waals surface area contributed by atoms with E-state index in [0.717, 1.165) is 5.56 Å². The average Bonchev–Trinajstić information content (AvgIpc) is 2.51. The molecule has 0 spiro atoms. The molecule has 1 aromatic carbocycles. The summed E-state index contributed by atoms with van der Waals surface area (Å²) in [6.07, 6.45) is -5.08. The van der Waals surface area contributed by atoms with Gasteiger partial charge in [-0.05, 0) is 17.7 Å². The summed E-state index contributed by atoms with van der Waals surface area (Å²) in [5.41, 5.74) is 5.80. The number of methoxy groups -OCH3 is 3. The van der Waals surface area contributed by atoms with Gasteiger partial charge in [0.05, 0.1) is 21.3 Å². The number of primary amides is 1. The highest BCUT2D eigenvalue weighted by Gasteiger charge is 2.38. The van der Waals surface area contributed by atoms with Crippen LogP contribution < -0.4 is 25.3 Å². The highest BCUT2D eigenvalue weighted by atomic mass is 19.4. The molecule has 0 saturated heterocycles. The predicted octanol–water partition coefficient (Wildman–Crippen LogP) is 1.51. The quantitative estimate of drug-likeness (QED) is 0.737. The van der Waals surface area contributed by atoms with Crippen molar-refractivity contribution in [2.45, 2.75) is 12.7 Å². The lowest BCUT2D eigenvalue weighted by Crippen LogP contribution is -2.28. The van der Waals surface area contributed by atoms with Gasteiger partial charge in [-0.15, -0.1) is 0 Å². The Morgan fingerprint density at radius 1 is 1.12 bits per heavy atom. The molecule has 0 atom stereocenters. The molecular formula is C13H17F3N2O6. The zero-order valence-corrected chi connectivity index (χ0v) is 13.1. The summed E-state index contributed by atoms with van der Waals surface area (Å²) in [4.78, 5) is 19.5. The van der Waals surface area contributed by atoms with Crippen molar-refractivity contribution in [2.75, 3.05) is 21.3 Å². The number of halogens is 3. The van der Waals surface area contributed by atoms with Crippen LogP contribution in [0.2, 0.25) is 0 Å². The van der Waals surface area contributed by atoms with E-state index in [9.17, 15) is 18.0 Å². The molecule has 0 bridgehead atoms. The molecule has 0 radical (unpaired) electrons. The Hall–Kier alpha value is -2.85. The minimum Gasteiger partial charge on any atom is -0.493 e. The number of carbonyl (C=O) groups excluding carboxylic acids is 1. The number of aliphatic carboxylic acids is 1. The van der Waals surface area contributed by atoms with Crippen LogP contribution in [0, 0.1) is 0 Å². The van der Waals surface area contributed by atoms with Crippen molar-refractivity contribution in [2.24, 2.45) is 5.73 Å². The van der Waals surface area contributed by atoms with Gasteiger partial charge < -0.3 is 30.4 Å². The Labute approximate surface area is 135 Å². The normalized spacial score (nSPS) is 10.1. The van der Waals surface area contributed by atoms with Crippen molar-refractivity contribution in [3.8, 4) is 17.2 Å². The van der Waals surface area contributed by atoms with Crippen molar-refractivity contribution in [3.05, 3.63) is 17.7 Å². The van der Waals surface area contributed by atoms with Gasteiger partial charge >= 0.3 is 18.2 Å². The number of hydrogen-bond donors (Lipinski definition) is 3. The van der Waals surface area contributed by atoms with Crippen LogP contribution >= 0.6 is 0 Å². The molecule has 1 aromatic rings. The third-order valence-electron chi connectivity index (χ3n) is 2.43. The average molecular weight is 354 g/mol. The minimum atomic E-state index is -5.08. The van der Waals surface area contributed by atoms with Gasteiger partial charge in [0.1, 0.15) is 0 Å². The molecular weight excluding hydrogens is 337 g/mol. The van der Waals surface area contributed by atoms with E-state index in [-0.39, 0.29) is 0 Å². The van der Waals surface area contributed by atoms with E-state index >= 15 is 0 Å². The number of alkyl halides is 3. The lowest BCUT2D eigenvalue weighted by Gasteiger charge is -2.14. The maximum atomic E-state index is 10.6. The number of urea groups is 1. The molecule has 136 valence electrons. The Morgan fingerprint density at radius 2 is 1.54 bits per heavy atom. The van der Waals surface area contributed by atoms with E-state index in [1.54, 1.807) is 12.1 Å². The summed E-state index contributed by atoms with van der Waals surface area (Å²) < 4.78 is 47.3. The van der Waals surface area contributed by atoms with Crippen molar-refractivity contribution in [1.29, 1.82) is 0 Å². The van der Waals surface area contributed by atoms with Crippen molar-refractivity contribution in [1.82, 2.24) is 5.32 Å². The molecule has 4 N–H and O–H groups in total. The predicted molar refractivity (Wildman–Crippen MR) is 76.2 cm³/mol. The first-order valence-electron chi connectivity index (χ1n) is 6.19. The van der Waals surface area contributed by atoms with E-state index in [0.29, 0.717) is 23.8 Å². The van der Waals surface area contributed by atoms with E-state index in [1.807, 2.05) is 0 Å². The van der Waals surface area contributed by atoms with Gasteiger partial charge in [0.15, 0.2) is 11.5 Å². The largest absolute Gasteiger partial charge is 0.493 e. The SMILES string of the molecule is COc1cc(CNC(N)=O)cc(OC)c1OC.O=C(O)C(F)(F)F. The molecule has 24 heavy (non-hydrogen) atoms. The van der Waals surface area contributed by atoms with Gasteiger partial charge in [-0.3, -0.25) is 0 Å². The second kappa shape index (κ2) is 9.33. The van der Waals surface area contributed by atoms with E-state index in [2.05, 4.69) is 5.32 Å². The number of nitrogens with one attached hydrogen (secondary N) is 1. The minimum absolute atomic E-state index is 0.298. The van der Waals surface area contributed by atoms with Crippen LogP contribution in [0.1, 0.15) is 5.56 Å². The molecule has 0 aromatic heterocycles. The summed E-state index contributed by atoms with van der Waals surface area (Å²) in [5, 5.41) is 9.61. The van der Waals surface area contributed by atoms with Crippen LogP contribution in [0.4, 0.5) is 18.0 Å². The van der Waals surface area contributed by atoms with Gasteiger partial charge in [0.25, 0.3) is 0 Å². The molecule has 0 saturated carbocycles. The maximum Gasteiger partial charge on any atom is 0.490 e. The topological polar surface area (TPSA) is 120 Å². The summed E-state index contributed by atoms with van der Waals surface area (Å²) in [6, 6.07) is 2.91. The van der Waals surface area contributed by atoms with E-state index < -0.39 is 18.2 Å². The molecule has 0 aliphatic carbocycles. The summed E-state index contributed by atoms with van der Waals surface area (Å²) in [7, 11) is 4.59. The molecule has 0 heterocycles. The zero-order valence-electron chi connectivity index (χ0n) is 13.1. The second-order valence-corrected chi connectivity index (χ2v) is 4.05. The summed E-state index contributed by atoms with van der Waals surface area (Å²) >= 11 is 0. The lowest BCUT2D eigenvalue weighted by atomic mass is 10.2. The first kappa shape index (κ1) is 21.1. The molecule has 1 rings (SSSR count). The van der Waals surface area contributed by atoms with Crippen molar-refractivity contribution in [3.63, 3.8) is 0 Å². The summed E-state index contributed by atoms with van der Waals surface area (Å²) in [5.74, 6) is -1.17. The maximum absolute atomic E-state index is 10.6. The first-order valence-corrected chi connectivity index (χ1v) is 6.19. The fourth-order valence-corrected chi connectivity index (χ4v) is 1.43. The molecule has 0 fully saturated rings. The third kappa shape index (κ3) is 6.94. The van der Waals surface area contributed by atoms with Crippen LogP contribution in [0.15, 0.2) is 12.1 Å². The zero-order chi connectivity index (χ0) is 18.9. The molecule has 8 nitrogen and oxygen atoms in total. The van der Waals surface area contributed by atoms with Gasteiger partial charge in [0, 0.05) is 6.54 Å². The highest BCUT2D eigenvalue weighted by molar-refractivity contribution is 5.73. The van der Waals surface area contributed by atoms with E-state index in [1.165, 1.54) is 21.3 Å². The molecule has 11 heteroatoms. The molecule has 0 aliphatic heterocycles. The van der Waals surface area contributed by atoms with Gasteiger partial charge in [-0.25, -0.2) is 9.59 Å². The third-order valence-corrected chi connectivity index (χ3v) is 2.43. The number of hydrogen-bond acceptors (Lipinski definition) is 5. The number of nitrogens with two attached hydrogens (primary N) is 1. The number of benzene rings is 1. The Kier molecular flexibility index (Phi) is 8.22. The highest BCUT2D eigenvalue weighted by Crippen LogP contribution is 2.38. The molecule has 2 amide bonds. The lowest BCUT2D eigenvalue weighted by molar-refractivity contribution is -0.192. The summed E-state index contributed by atoms with van der Waals surface area (Å²) in [6.45, 7) is 0.298. The van der Waals surface area contributed by atoms with Crippen LogP contribution in [0.5, 0.6) is 17.2 Å². The standard InChI is InChI=1S/C11H16N2O4.C2HF3O2/c1-15-8-4-7(6-13-11(12)14)5-9(16-2)10(8)17-3;3-2(4,5)1(6)7/h4-5H,6H2,1-3H3,(H3,12,13,14);(H,6,7). The fourth-order valence-electron chi connectivity index (χ4n) is 1.43. The number of carbonyl (C=O) groups is 2. The van der Waals surface area contributed by atoms with Gasteiger partial charge in [-0.1, -0.05) is 0 Å². The number of carboxylic acids is 1. The van der Waals surface area contributed by atoms with Crippen LogP contribution in [0.25, 0.3) is 0 Å². The number of rotatable bonds is 5. The van der Waals surface area contributed by atoms with Gasteiger partial charge in [0.2, 0.25) is 5.75 Å². The number of carboxylic acid groups (broad SMARTS) is 1. The van der Waals surface area contributed by atoms with Crippen molar-refractivity contribution < 1.29 is 42.1 Å². The first-order chi connectivity index (χ1) is 11.1. The van der Waals surface area contributed by atoms with E-state index in [4.69, 9.17) is 29.8 Å². The Morgan fingerprint density at radius 3 is 1.79 bits per heavy atom. The van der Waals surface area contributed by atoms with Crippen LogP contribution in [-0.2, 0) is 11.3 Å². The number of amides is 2. The fraction of sp³-hybridized carbons (Fsp3) is 0.385. The number of ether oxygens (including phenoxy) is 3. The van der Waals surface area contributed by atoms with Crippen molar-refractivity contribution >= 4 is 12.0 Å². The van der Waals surface area contributed by atoms with Crippen LogP contribution in [-0.4, -0.2) is 44.6 Å². The second-order valence-electron chi connectivity index (χ2n) is 4.05. The smallest absolute Gasteiger partial charge is 0.490 e. The molecule has 0 unspecified atom stereocenters. The monoisotopic (exact) mass is 354 g/mol. The Bertz CT molecular complexity index is 552. The molecule has 0 aliphatic rings. The van der Waals surface area contributed by atoms with Gasteiger partial charge in [-0.2, -0.15) is 13.2 Å². The van der Waals surface area contributed by atoms with Crippen LogP contribution in [0.3, 0.4) is 0 Å².